The number of rotatable bonds is 10. The first kappa shape index (κ1) is 17.4. The van der Waals surface area contributed by atoms with Gasteiger partial charge in [-0.3, -0.25) is 0 Å². The average Bonchev–Trinajstić information content (AvgIpc) is 2.23. The second-order valence-corrected chi connectivity index (χ2v) is 7.72. The lowest BCUT2D eigenvalue weighted by molar-refractivity contribution is -0.0142. The molecule has 0 bridgehead atoms. The third-order valence-electron chi connectivity index (χ3n) is 2.10. The van der Waals surface area contributed by atoms with E-state index in [9.17, 15) is 4.57 Å². The van der Waals surface area contributed by atoms with Gasteiger partial charge in [-0.2, -0.15) is 5.06 Å². The van der Waals surface area contributed by atoms with Gasteiger partial charge in [0, 0.05) is 26.4 Å². The molecule has 5 nitrogen and oxygen atoms in total. The Hall–Kier alpha value is 0.420. The molecule has 0 aromatic rings. The summed E-state index contributed by atoms with van der Waals surface area (Å²) in [6.45, 7) is 6.31. The standard InChI is InChI=1S/C10H25N2O3PS/c1-6-12(7-2)9-10-17-16(13,14-8-3)15-11(4)5/h6-10H2,1-5H3. The Kier molecular flexibility index (Phi) is 9.59. The van der Waals surface area contributed by atoms with Crippen LogP contribution in [0.1, 0.15) is 20.8 Å². The summed E-state index contributed by atoms with van der Waals surface area (Å²) in [5, 5.41) is 1.43. The molecule has 0 radical (unpaired) electrons. The van der Waals surface area contributed by atoms with Crippen LogP contribution in [-0.4, -0.2) is 56.1 Å². The zero-order valence-corrected chi connectivity index (χ0v) is 13.2. The molecule has 0 fully saturated rings. The molecule has 0 aromatic carbocycles. The molecule has 1 atom stereocenters. The predicted octanol–water partition coefficient (Wildman–Crippen LogP) is 2.70. The smallest absolute Gasteiger partial charge is 0.303 e. The summed E-state index contributed by atoms with van der Waals surface area (Å²) in [4.78, 5) is 2.28. The van der Waals surface area contributed by atoms with E-state index in [0.717, 1.165) is 25.4 Å². The fourth-order valence-electron chi connectivity index (χ4n) is 1.26. The Morgan fingerprint density at radius 1 is 1.18 bits per heavy atom. The zero-order chi connectivity index (χ0) is 13.3. The van der Waals surface area contributed by atoms with Gasteiger partial charge in [-0.25, -0.2) is 9.19 Å². The van der Waals surface area contributed by atoms with Crippen molar-refractivity contribution >= 4 is 18.2 Å². The van der Waals surface area contributed by atoms with Gasteiger partial charge in [0.15, 0.2) is 0 Å². The van der Waals surface area contributed by atoms with Gasteiger partial charge in [-0.05, 0) is 31.4 Å². The second kappa shape index (κ2) is 9.36. The number of hydroxylamine groups is 2. The van der Waals surface area contributed by atoms with Crippen molar-refractivity contribution in [3.63, 3.8) is 0 Å². The van der Waals surface area contributed by atoms with Crippen LogP contribution in [0.2, 0.25) is 0 Å². The SMILES string of the molecule is CCOP(=O)(ON(C)C)SCCN(CC)CC. The summed E-state index contributed by atoms with van der Waals surface area (Å²) in [6.07, 6.45) is 0. The first-order chi connectivity index (χ1) is 7.97. The highest BCUT2D eigenvalue weighted by atomic mass is 32.7. The van der Waals surface area contributed by atoms with E-state index < -0.39 is 6.80 Å². The normalized spacial score (nSPS) is 15.5. The molecular formula is C10H25N2O3PS. The molecular weight excluding hydrogens is 259 g/mol. The van der Waals surface area contributed by atoms with Gasteiger partial charge in [0.05, 0.1) is 6.61 Å². The summed E-state index contributed by atoms with van der Waals surface area (Å²) in [6, 6.07) is 0. The lowest BCUT2D eigenvalue weighted by atomic mass is 10.5. The first-order valence-electron chi connectivity index (χ1n) is 5.95. The minimum absolute atomic E-state index is 0.392. The third-order valence-corrected chi connectivity index (χ3v) is 5.90. The molecule has 7 heteroatoms. The van der Waals surface area contributed by atoms with Crippen molar-refractivity contribution in [2.75, 3.05) is 46.1 Å². The van der Waals surface area contributed by atoms with Crippen LogP contribution in [0.4, 0.5) is 0 Å². The molecule has 0 aromatic heterocycles. The molecule has 0 rings (SSSR count). The molecule has 0 heterocycles. The molecule has 0 saturated heterocycles. The summed E-state index contributed by atoms with van der Waals surface area (Å²) in [7, 11) is 3.41. The van der Waals surface area contributed by atoms with Crippen LogP contribution in [0.25, 0.3) is 0 Å². The van der Waals surface area contributed by atoms with Crippen LogP contribution >= 0.6 is 18.2 Å². The Bertz CT molecular complexity index is 238. The summed E-state index contributed by atoms with van der Waals surface area (Å²) in [5.41, 5.74) is 0. The quantitative estimate of drug-likeness (QED) is 0.454. The lowest BCUT2D eigenvalue weighted by Gasteiger charge is -2.22. The molecule has 0 aliphatic carbocycles. The second-order valence-electron chi connectivity index (χ2n) is 3.62. The highest BCUT2D eigenvalue weighted by Crippen LogP contribution is 2.60. The van der Waals surface area contributed by atoms with Crippen LogP contribution in [0.3, 0.4) is 0 Å². The number of hydrogen-bond acceptors (Lipinski definition) is 6. The molecule has 0 saturated carbocycles. The van der Waals surface area contributed by atoms with E-state index in [1.165, 1.54) is 16.4 Å². The zero-order valence-electron chi connectivity index (χ0n) is 11.5. The van der Waals surface area contributed by atoms with Gasteiger partial charge in [0.1, 0.15) is 0 Å². The summed E-state index contributed by atoms with van der Waals surface area (Å²) in [5.74, 6) is 0.743. The number of nitrogens with zero attached hydrogens (tertiary/aromatic N) is 2. The summed E-state index contributed by atoms with van der Waals surface area (Å²) < 4.78 is 22.7. The number of hydrogen-bond donors (Lipinski definition) is 0. The van der Waals surface area contributed by atoms with Gasteiger partial charge >= 0.3 is 6.80 Å². The maximum atomic E-state index is 12.2. The molecule has 0 spiro atoms. The maximum Gasteiger partial charge on any atom is 0.405 e. The van der Waals surface area contributed by atoms with Crippen LogP contribution < -0.4 is 0 Å². The molecule has 1 unspecified atom stereocenters. The first-order valence-corrected chi connectivity index (χ1v) is 9.09. The Morgan fingerprint density at radius 3 is 2.18 bits per heavy atom. The van der Waals surface area contributed by atoms with Gasteiger partial charge in [-0.1, -0.05) is 13.8 Å². The minimum atomic E-state index is -3.04. The van der Waals surface area contributed by atoms with Crippen molar-refractivity contribution in [3.05, 3.63) is 0 Å². The molecule has 0 amide bonds. The van der Waals surface area contributed by atoms with E-state index >= 15 is 0 Å². The van der Waals surface area contributed by atoms with Crippen molar-refractivity contribution in [1.82, 2.24) is 9.96 Å². The fraction of sp³-hybridized carbons (Fsp3) is 1.00. The lowest BCUT2D eigenvalue weighted by Crippen LogP contribution is -2.25. The monoisotopic (exact) mass is 284 g/mol. The van der Waals surface area contributed by atoms with E-state index in [0.29, 0.717) is 6.61 Å². The van der Waals surface area contributed by atoms with E-state index in [-0.39, 0.29) is 0 Å². The Morgan fingerprint density at radius 2 is 1.76 bits per heavy atom. The summed E-state index contributed by atoms with van der Waals surface area (Å²) >= 11 is 1.26. The van der Waals surface area contributed by atoms with Crippen LogP contribution in [0, 0.1) is 0 Å². The molecule has 0 aliphatic rings. The van der Waals surface area contributed by atoms with Gasteiger partial charge < -0.3 is 9.42 Å². The van der Waals surface area contributed by atoms with Crippen LogP contribution in [0.5, 0.6) is 0 Å². The van der Waals surface area contributed by atoms with Crippen LogP contribution in [0.15, 0.2) is 0 Å². The van der Waals surface area contributed by atoms with Crippen molar-refractivity contribution in [2.24, 2.45) is 0 Å². The largest absolute Gasteiger partial charge is 0.405 e. The van der Waals surface area contributed by atoms with Crippen molar-refractivity contribution < 1.29 is 13.7 Å². The van der Waals surface area contributed by atoms with Crippen LogP contribution in [-0.2, 0) is 13.7 Å². The van der Waals surface area contributed by atoms with Gasteiger partial charge in [-0.15, -0.1) is 0 Å². The van der Waals surface area contributed by atoms with E-state index in [4.69, 9.17) is 9.15 Å². The average molecular weight is 284 g/mol. The molecule has 17 heavy (non-hydrogen) atoms. The molecule has 104 valence electrons. The Labute approximate surface area is 109 Å². The highest BCUT2D eigenvalue weighted by Gasteiger charge is 2.26. The van der Waals surface area contributed by atoms with Crippen molar-refractivity contribution in [3.8, 4) is 0 Å². The molecule has 0 aliphatic heterocycles. The molecule has 0 N–H and O–H groups in total. The fourth-order valence-corrected chi connectivity index (χ4v) is 4.71. The Balaban J connectivity index is 4.12. The van der Waals surface area contributed by atoms with Gasteiger partial charge in [0.2, 0.25) is 0 Å². The minimum Gasteiger partial charge on any atom is -0.303 e. The predicted molar refractivity (Wildman–Crippen MR) is 74.3 cm³/mol. The third kappa shape index (κ3) is 8.19. The highest BCUT2D eigenvalue weighted by molar-refractivity contribution is 8.55. The van der Waals surface area contributed by atoms with E-state index in [1.54, 1.807) is 14.1 Å². The van der Waals surface area contributed by atoms with Crippen molar-refractivity contribution in [1.29, 1.82) is 0 Å². The maximum absolute atomic E-state index is 12.2. The van der Waals surface area contributed by atoms with E-state index in [2.05, 4.69) is 18.7 Å². The van der Waals surface area contributed by atoms with Gasteiger partial charge in [0.25, 0.3) is 0 Å². The van der Waals surface area contributed by atoms with E-state index in [1.807, 2.05) is 6.92 Å². The van der Waals surface area contributed by atoms with Crippen molar-refractivity contribution in [2.45, 2.75) is 20.8 Å². The topological polar surface area (TPSA) is 42.0 Å².